The van der Waals surface area contributed by atoms with Gasteiger partial charge in [-0.15, -0.1) is 0 Å². The van der Waals surface area contributed by atoms with E-state index in [0.29, 0.717) is 46.7 Å². The maximum Gasteiger partial charge on any atom is 0.258 e. The number of nitrogens with zero attached hydrogens (tertiary/aromatic N) is 2. The van der Waals surface area contributed by atoms with Gasteiger partial charge in [0.1, 0.15) is 11.9 Å². The van der Waals surface area contributed by atoms with Crippen LogP contribution in [0.5, 0.6) is 5.75 Å². The molecule has 212 valence electrons. The Bertz CT molecular complexity index is 1170. The van der Waals surface area contributed by atoms with Gasteiger partial charge < -0.3 is 20.1 Å². The van der Waals surface area contributed by atoms with Crippen molar-refractivity contribution >= 4 is 40.7 Å². The SMILES string of the molecule is C[C@@H]1CN([C@H](C)CO)C(=O)c2cc(NC(=O)C3CCCCC3)ccc2O[C@@H]1CN(C)Cc1ccc(Cl)c(Cl)c1. The van der Waals surface area contributed by atoms with Gasteiger partial charge in [0.15, 0.2) is 0 Å². The number of aliphatic hydroxyl groups is 1. The van der Waals surface area contributed by atoms with Crippen LogP contribution in [0.1, 0.15) is 61.9 Å². The third-order valence-corrected chi connectivity index (χ3v) is 8.58. The molecular formula is C30H39Cl2N3O4. The predicted octanol–water partition coefficient (Wildman–Crippen LogP) is 5.86. The second-order valence-electron chi connectivity index (χ2n) is 11.1. The highest BCUT2D eigenvalue weighted by molar-refractivity contribution is 6.42. The molecule has 0 spiro atoms. The number of aliphatic hydroxyl groups excluding tert-OH is 1. The minimum atomic E-state index is -0.360. The Morgan fingerprint density at radius 2 is 1.90 bits per heavy atom. The third kappa shape index (κ3) is 7.46. The molecule has 2 aliphatic rings. The van der Waals surface area contributed by atoms with Crippen molar-refractivity contribution in [3.05, 3.63) is 57.6 Å². The number of halogens is 2. The fraction of sp³-hybridized carbons (Fsp3) is 0.533. The molecule has 7 nitrogen and oxygen atoms in total. The maximum atomic E-state index is 13.7. The van der Waals surface area contributed by atoms with Gasteiger partial charge in [-0.05, 0) is 62.7 Å². The van der Waals surface area contributed by atoms with E-state index in [4.69, 9.17) is 27.9 Å². The first kappa shape index (κ1) is 29.7. The van der Waals surface area contributed by atoms with E-state index in [1.54, 1.807) is 29.2 Å². The zero-order valence-corrected chi connectivity index (χ0v) is 24.5. The molecule has 2 aromatic rings. The first-order valence-corrected chi connectivity index (χ1v) is 14.6. The number of ether oxygens (including phenoxy) is 1. The highest BCUT2D eigenvalue weighted by Gasteiger charge is 2.34. The van der Waals surface area contributed by atoms with Crippen LogP contribution in [-0.4, -0.2) is 65.6 Å². The predicted molar refractivity (Wildman–Crippen MR) is 156 cm³/mol. The first-order valence-electron chi connectivity index (χ1n) is 13.8. The maximum absolute atomic E-state index is 13.7. The van der Waals surface area contributed by atoms with E-state index in [9.17, 15) is 14.7 Å². The molecular weight excluding hydrogens is 537 g/mol. The normalized spacial score (nSPS) is 21.1. The standard InChI is InChI=1S/C30H39Cl2N3O4/c1-19-15-35(20(2)18-36)30(38)24-14-23(33-29(37)22-7-5-4-6-8-22)10-12-27(24)39-28(19)17-34(3)16-21-9-11-25(31)26(32)13-21/h9-14,19-20,22,28,36H,4-8,15-18H2,1-3H3,(H,33,37)/t19-,20-,28-/m1/s1. The molecule has 9 heteroatoms. The summed E-state index contributed by atoms with van der Waals surface area (Å²) in [5.41, 5.74) is 2.01. The average molecular weight is 577 g/mol. The highest BCUT2D eigenvalue weighted by Crippen LogP contribution is 2.32. The number of carbonyl (C=O) groups excluding carboxylic acids is 2. The van der Waals surface area contributed by atoms with E-state index in [1.165, 1.54) is 6.42 Å². The van der Waals surface area contributed by atoms with Crippen molar-refractivity contribution in [1.29, 1.82) is 0 Å². The summed E-state index contributed by atoms with van der Waals surface area (Å²) >= 11 is 12.3. The van der Waals surface area contributed by atoms with E-state index >= 15 is 0 Å². The molecule has 1 fully saturated rings. The summed E-state index contributed by atoms with van der Waals surface area (Å²) in [5, 5.41) is 14.0. The lowest BCUT2D eigenvalue weighted by Crippen LogP contribution is -2.49. The third-order valence-electron chi connectivity index (χ3n) is 7.84. The van der Waals surface area contributed by atoms with Crippen LogP contribution in [0.3, 0.4) is 0 Å². The second kappa shape index (κ2) is 13.4. The summed E-state index contributed by atoms with van der Waals surface area (Å²) in [6.07, 6.45) is 4.89. The van der Waals surface area contributed by atoms with E-state index in [2.05, 4.69) is 17.1 Å². The van der Waals surface area contributed by atoms with Gasteiger partial charge >= 0.3 is 0 Å². The summed E-state index contributed by atoms with van der Waals surface area (Å²) in [6.45, 7) is 5.45. The monoisotopic (exact) mass is 575 g/mol. The Labute approximate surface area is 241 Å². The van der Waals surface area contributed by atoms with Crippen LogP contribution >= 0.6 is 23.2 Å². The molecule has 0 bridgehead atoms. The van der Waals surface area contributed by atoms with Gasteiger partial charge in [-0.1, -0.05) is 55.5 Å². The van der Waals surface area contributed by atoms with Crippen LogP contribution in [0.4, 0.5) is 5.69 Å². The lowest BCUT2D eigenvalue weighted by atomic mass is 9.88. The number of rotatable bonds is 8. The zero-order valence-electron chi connectivity index (χ0n) is 23.0. The Kier molecular flexibility index (Phi) is 10.2. The number of hydrogen-bond acceptors (Lipinski definition) is 5. The molecule has 1 heterocycles. The van der Waals surface area contributed by atoms with E-state index in [-0.39, 0.29) is 42.4 Å². The second-order valence-corrected chi connectivity index (χ2v) is 11.9. The number of likely N-dealkylation sites (N-methyl/N-ethyl adjacent to an activating group) is 1. The molecule has 0 radical (unpaired) electrons. The van der Waals surface area contributed by atoms with Crippen molar-refractivity contribution in [1.82, 2.24) is 9.80 Å². The number of nitrogens with one attached hydrogen (secondary N) is 1. The number of hydrogen-bond donors (Lipinski definition) is 2. The summed E-state index contributed by atoms with van der Waals surface area (Å²) in [4.78, 5) is 30.4. The summed E-state index contributed by atoms with van der Waals surface area (Å²) < 4.78 is 6.50. The molecule has 0 aromatic heterocycles. The topological polar surface area (TPSA) is 82.1 Å². The number of fused-ring (bicyclic) bond motifs is 1. The largest absolute Gasteiger partial charge is 0.488 e. The minimum Gasteiger partial charge on any atom is -0.488 e. The molecule has 1 aliphatic carbocycles. The van der Waals surface area contributed by atoms with Crippen molar-refractivity contribution in [2.45, 2.75) is 64.6 Å². The zero-order chi connectivity index (χ0) is 28.1. The summed E-state index contributed by atoms with van der Waals surface area (Å²) in [7, 11) is 2.02. The van der Waals surface area contributed by atoms with Crippen LogP contribution in [0.25, 0.3) is 0 Å². The lowest BCUT2D eigenvalue weighted by Gasteiger charge is -2.38. The van der Waals surface area contributed by atoms with Crippen LogP contribution in [0, 0.1) is 11.8 Å². The van der Waals surface area contributed by atoms with Crippen LogP contribution in [-0.2, 0) is 11.3 Å². The Balaban J connectivity index is 1.56. The summed E-state index contributed by atoms with van der Waals surface area (Å²) in [5.74, 6) is 0.276. The Morgan fingerprint density at radius 3 is 2.59 bits per heavy atom. The quantitative estimate of drug-likeness (QED) is 0.411. The molecule has 4 rings (SSSR count). The molecule has 0 saturated heterocycles. The minimum absolute atomic E-state index is 0.00182. The molecule has 1 aliphatic heterocycles. The van der Waals surface area contributed by atoms with Gasteiger partial charge in [-0.3, -0.25) is 14.5 Å². The Morgan fingerprint density at radius 1 is 1.15 bits per heavy atom. The van der Waals surface area contributed by atoms with Crippen LogP contribution < -0.4 is 10.1 Å². The number of anilines is 1. The average Bonchev–Trinajstić information content (AvgIpc) is 2.93. The molecule has 2 amide bonds. The van der Waals surface area contributed by atoms with Crippen molar-refractivity contribution < 1.29 is 19.4 Å². The van der Waals surface area contributed by atoms with Gasteiger partial charge in [0.2, 0.25) is 5.91 Å². The van der Waals surface area contributed by atoms with Gasteiger partial charge in [-0.2, -0.15) is 0 Å². The van der Waals surface area contributed by atoms with Crippen molar-refractivity contribution in [2.75, 3.05) is 32.1 Å². The van der Waals surface area contributed by atoms with Crippen molar-refractivity contribution in [2.24, 2.45) is 11.8 Å². The lowest BCUT2D eigenvalue weighted by molar-refractivity contribution is -0.120. The van der Waals surface area contributed by atoms with E-state index in [0.717, 1.165) is 31.2 Å². The number of carbonyl (C=O) groups is 2. The number of amides is 2. The molecule has 1 saturated carbocycles. The van der Waals surface area contributed by atoms with Crippen LogP contribution in [0.15, 0.2) is 36.4 Å². The van der Waals surface area contributed by atoms with E-state index < -0.39 is 0 Å². The molecule has 2 N–H and O–H groups in total. The molecule has 2 aromatic carbocycles. The fourth-order valence-corrected chi connectivity index (χ4v) is 5.77. The Hall–Kier alpha value is -2.32. The number of benzene rings is 2. The summed E-state index contributed by atoms with van der Waals surface area (Å²) in [6, 6.07) is 10.5. The smallest absolute Gasteiger partial charge is 0.258 e. The highest BCUT2D eigenvalue weighted by atomic mass is 35.5. The van der Waals surface area contributed by atoms with Gasteiger partial charge in [0.05, 0.1) is 28.3 Å². The fourth-order valence-electron chi connectivity index (χ4n) is 5.45. The van der Waals surface area contributed by atoms with Gasteiger partial charge in [0, 0.05) is 37.2 Å². The van der Waals surface area contributed by atoms with Crippen LogP contribution in [0.2, 0.25) is 10.0 Å². The van der Waals surface area contributed by atoms with E-state index in [1.807, 2.05) is 26.1 Å². The van der Waals surface area contributed by atoms with Crippen molar-refractivity contribution in [3.63, 3.8) is 0 Å². The molecule has 3 atom stereocenters. The molecule has 39 heavy (non-hydrogen) atoms. The first-order chi connectivity index (χ1) is 18.7. The van der Waals surface area contributed by atoms with Gasteiger partial charge in [0.25, 0.3) is 5.91 Å². The van der Waals surface area contributed by atoms with Gasteiger partial charge in [-0.25, -0.2) is 0 Å². The van der Waals surface area contributed by atoms with Crippen molar-refractivity contribution in [3.8, 4) is 5.75 Å². The molecule has 0 unspecified atom stereocenters.